The number of nitro groups is 1. The first-order chi connectivity index (χ1) is 10.8. The highest BCUT2D eigenvalue weighted by Crippen LogP contribution is 2.30. The summed E-state index contributed by atoms with van der Waals surface area (Å²) in [6, 6.07) is 6.23. The van der Waals surface area contributed by atoms with E-state index >= 15 is 0 Å². The molecule has 0 saturated carbocycles. The molecule has 1 aliphatic heterocycles. The molecule has 1 heterocycles. The highest BCUT2D eigenvalue weighted by Gasteiger charge is 2.41. The van der Waals surface area contributed by atoms with Gasteiger partial charge in [-0.05, 0) is 19.4 Å². The average Bonchev–Trinajstić information content (AvgIpc) is 2.91. The number of carbonyl (C=O) groups is 2. The van der Waals surface area contributed by atoms with E-state index < -0.39 is 16.3 Å². The summed E-state index contributed by atoms with van der Waals surface area (Å²) >= 11 is 0. The van der Waals surface area contributed by atoms with Crippen molar-refractivity contribution in [2.45, 2.75) is 19.8 Å². The predicted molar refractivity (Wildman–Crippen MR) is 83.1 cm³/mol. The monoisotopic (exact) mass is 321 g/mol. The molecule has 2 rings (SSSR count). The fourth-order valence-electron chi connectivity index (χ4n) is 2.59. The molecule has 8 heteroatoms. The summed E-state index contributed by atoms with van der Waals surface area (Å²) in [7, 11) is 0. The van der Waals surface area contributed by atoms with Gasteiger partial charge in [0.1, 0.15) is 5.69 Å². The van der Waals surface area contributed by atoms with E-state index in [9.17, 15) is 19.7 Å². The van der Waals surface area contributed by atoms with E-state index in [1.54, 1.807) is 25.1 Å². The van der Waals surface area contributed by atoms with E-state index in [4.69, 9.17) is 5.11 Å². The van der Waals surface area contributed by atoms with Crippen LogP contribution >= 0.6 is 0 Å². The van der Waals surface area contributed by atoms with Crippen LogP contribution in [0.15, 0.2) is 24.3 Å². The van der Waals surface area contributed by atoms with Gasteiger partial charge in [-0.3, -0.25) is 19.7 Å². The second-order valence-electron chi connectivity index (χ2n) is 5.88. The Kier molecular flexibility index (Phi) is 4.83. The number of carboxylic acid groups (broad SMARTS) is 1. The number of rotatable bonds is 6. The zero-order valence-corrected chi connectivity index (χ0v) is 12.8. The van der Waals surface area contributed by atoms with E-state index in [0.717, 1.165) is 0 Å². The summed E-state index contributed by atoms with van der Waals surface area (Å²) in [5, 5.41) is 23.0. The maximum Gasteiger partial charge on any atom is 0.311 e. The summed E-state index contributed by atoms with van der Waals surface area (Å²) in [5.41, 5.74) is -0.567. The van der Waals surface area contributed by atoms with Gasteiger partial charge in [0.15, 0.2) is 0 Å². The lowest BCUT2D eigenvalue weighted by Crippen LogP contribution is -2.35. The predicted octanol–water partition coefficient (Wildman–Crippen LogP) is 1.72. The third-order valence-corrected chi connectivity index (χ3v) is 4.10. The maximum absolute atomic E-state index is 12.1. The van der Waals surface area contributed by atoms with Crippen molar-refractivity contribution >= 4 is 23.3 Å². The largest absolute Gasteiger partial charge is 0.481 e. The molecule has 1 aliphatic rings. The molecule has 0 aliphatic carbocycles. The molecule has 124 valence electrons. The van der Waals surface area contributed by atoms with Gasteiger partial charge < -0.3 is 15.3 Å². The van der Waals surface area contributed by atoms with Gasteiger partial charge in [-0.25, -0.2) is 0 Å². The molecule has 1 atom stereocenters. The van der Waals surface area contributed by atoms with E-state index in [0.29, 0.717) is 18.7 Å². The van der Waals surface area contributed by atoms with Crippen molar-refractivity contribution in [3.63, 3.8) is 0 Å². The lowest BCUT2D eigenvalue weighted by Gasteiger charge is -2.20. The highest BCUT2D eigenvalue weighted by atomic mass is 16.6. The van der Waals surface area contributed by atoms with Crippen LogP contribution in [0.3, 0.4) is 0 Å². The minimum absolute atomic E-state index is 0.0421. The summed E-state index contributed by atoms with van der Waals surface area (Å²) in [6.07, 6.45) is 0.591. The maximum atomic E-state index is 12.1. The number of nitrogens with zero attached hydrogens (tertiary/aromatic N) is 2. The van der Waals surface area contributed by atoms with Crippen LogP contribution in [-0.2, 0) is 9.59 Å². The zero-order valence-electron chi connectivity index (χ0n) is 12.8. The van der Waals surface area contributed by atoms with Gasteiger partial charge >= 0.3 is 5.97 Å². The number of benzene rings is 1. The number of aliphatic carboxylic acids is 1. The van der Waals surface area contributed by atoms with Crippen molar-refractivity contribution in [3.8, 4) is 0 Å². The molecule has 1 fully saturated rings. The number of nitrogens with one attached hydrogen (secondary N) is 1. The Morgan fingerprint density at radius 2 is 2.13 bits per heavy atom. The quantitative estimate of drug-likeness (QED) is 0.609. The molecule has 1 saturated heterocycles. The van der Waals surface area contributed by atoms with Gasteiger partial charge in [0.25, 0.3) is 5.69 Å². The summed E-state index contributed by atoms with van der Waals surface area (Å²) < 4.78 is 0. The number of nitro benzene ring substituents is 1. The van der Waals surface area contributed by atoms with E-state index in [-0.39, 0.29) is 31.1 Å². The van der Waals surface area contributed by atoms with Crippen LogP contribution in [0.25, 0.3) is 0 Å². The van der Waals surface area contributed by atoms with Crippen LogP contribution in [0.5, 0.6) is 0 Å². The molecule has 1 amide bonds. The van der Waals surface area contributed by atoms with E-state index in [2.05, 4.69) is 5.32 Å². The van der Waals surface area contributed by atoms with Crippen LogP contribution in [0.1, 0.15) is 19.8 Å². The number of amides is 1. The summed E-state index contributed by atoms with van der Waals surface area (Å²) in [4.78, 5) is 35.3. The summed E-state index contributed by atoms with van der Waals surface area (Å²) in [5.74, 6) is -1.05. The van der Waals surface area contributed by atoms with Crippen LogP contribution < -0.4 is 5.32 Å². The second-order valence-corrected chi connectivity index (χ2v) is 5.88. The first kappa shape index (κ1) is 16.7. The normalized spacial score (nSPS) is 20.3. The van der Waals surface area contributed by atoms with Crippen LogP contribution in [0, 0.1) is 15.5 Å². The zero-order chi connectivity index (χ0) is 17.0. The van der Waals surface area contributed by atoms with Gasteiger partial charge in [-0.2, -0.15) is 0 Å². The Morgan fingerprint density at radius 1 is 1.43 bits per heavy atom. The smallest absolute Gasteiger partial charge is 0.311 e. The van der Waals surface area contributed by atoms with Crippen molar-refractivity contribution in [1.29, 1.82) is 0 Å². The number of para-hydroxylation sites is 2. The fraction of sp³-hybridized carbons (Fsp3) is 0.467. The molecule has 0 aromatic heterocycles. The van der Waals surface area contributed by atoms with Crippen LogP contribution in [-0.4, -0.2) is 46.4 Å². The minimum Gasteiger partial charge on any atom is -0.481 e. The molecule has 1 aromatic rings. The number of hydrogen-bond donors (Lipinski definition) is 2. The van der Waals surface area contributed by atoms with Crippen LogP contribution in [0.4, 0.5) is 11.4 Å². The fourth-order valence-corrected chi connectivity index (χ4v) is 2.59. The second kappa shape index (κ2) is 6.64. The molecule has 0 spiro atoms. The SMILES string of the molecule is CC1(C(=O)O)CCN(C(=O)CCNc2ccccc2[N+](=O)[O-])C1. The molecule has 0 bridgehead atoms. The van der Waals surface area contributed by atoms with Crippen molar-refractivity contribution in [1.82, 2.24) is 4.90 Å². The molecule has 0 radical (unpaired) electrons. The standard InChI is InChI=1S/C15H19N3O5/c1-15(14(20)21)7-9-17(10-15)13(19)6-8-16-11-4-2-3-5-12(11)18(22)23/h2-5,16H,6-10H2,1H3,(H,20,21). The minimum atomic E-state index is -0.897. The van der Waals surface area contributed by atoms with Crippen molar-refractivity contribution in [3.05, 3.63) is 34.4 Å². The first-order valence-corrected chi connectivity index (χ1v) is 7.32. The van der Waals surface area contributed by atoms with Crippen molar-refractivity contribution in [2.75, 3.05) is 25.0 Å². The average molecular weight is 321 g/mol. The van der Waals surface area contributed by atoms with E-state index in [1.807, 2.05) is 0 Å². The number of carbonyl (C=O) groups excluding carboxylic acids is 1. The third-order valence-electron chi connectivity index (χ3n) is 4.10. The number of anilines is 1. The summed E-state index contributed by atoms with van der Waals surface area (Å²) in [6.45, 7) is 2.51. The third kappa shape index (κ3) is 3.77. The molecule has 8 nitrogen and oxygen atoms in total. The molecule has 23 heavy (non-hydrogen) atoms. The highest BCUT2D eigenvalue weighted by molar-refractivity contribution is 5.80. The van der Waals surface area contributed by atoms with Gasteiger partial charge in [0, 0.05) is 32.1 Å². The molecule has 1 aromatic carbocycles. The number of hydrogen-bond acceptors (Lipinski definition) is 5. The van der Waals surface area contributed by atoms with Gasteiger partial charge in [-0.1, -0.05) is 12.1 Å². The lowest BCUT2D eigenvalue weighted by atomic mass is 9.90. The van der Waals surface area contributed by atoms with Gasteiger partial charge in [0.2, 0.25) is 5.91 Å². The van der Waals surface area contributed by atoms with Crippen LogP contribution in [0.2, 0.25) is 0 Å². The lowest BCUT2D eigenvalue weighted by molar-refractivity contribution is -0.384. The van der Waals surface area contributed by atoms with Crippen molar-refractivity contribution < 1.29 is 19.6 Å². The van der Waals surface area contributed by atoms with Gasteiger partial charge in [-0.15, -0.1) is 0 Å². The molecular formula is C15H19N3O5. The Morgan fingerprint density at radius 3 is 2.74 bits per heavy atom. The van der Waals surface area contributed by atoms with Crippen molar-refractivity contribution in [2.24, 2.45) is 5.41 Å². The Hall–Kier alpha value is -2.64. The first-order valence-electron chi connectivity index (χ1n) is 7.32. The molecular weight excluding hydrogens is 302 g/mol. The van der Waals surface area contributed by atoms with E-state index in [1.165, 1.54) is 11.0 Å². The Labute approximate surface area is 133 Å². The number of likely N-dealkylation sites (tertiary alicyclic amines) is 1. The molecule has 1 unspecified atom stereocenters. The Bertz CT molecular complexity index is 633. The molecule has 2 N–H and O–H groups in total. The van der Waals surface area contributed by atoms with Gasteiger partial charge in [0.05, 0.1) is 10.3 Å². The number of carboxylic acids is 1. The topological polar surface area (TPSA) is 113 Å². The Balaban J connectivity index is 1.87.